The fraction of sp³-hybridized carbons (Fsp3) is 0.304. The molecule has 1 saturated carbocycles. The maximum Gasteiger partial charge on any atom is 0.264 e. The predicted molar refractivity (Wildman–Crippen MR) is 117 cm³/mol. The minimum absolute atomic E-state index is 0.102. The van der Waals surface area contributed by atoms with E-state index in [0.29, 0.717) is 34.2 Å². The molecule has 0 radical (unpaired) electrons. The minimum atomic E-state index is -0.102. The lowest BCUT2D eigenvalue weighted by Gasteiger charge is -2.11. The summed E-state index contributed by atoms with van der Waals surface area (Å²) in [5.41, 5.74) is 1.96. The van der Waals surface area contributed by atoms with Crippen molar-refractivity contribution in [2.75, 3.05) is 7.11 Å². The van der Waals surface area contributed by atoms with Crippen molar-refractivity contribution < 1.29 is 14.3 Å². The van der Waals surface area contributed by atoms with Crippen LogP contribution < -0.4 is 14.8 Å². The van der Waals surface area contributed by atoms with E-state index in [-0.39, 0.29) is 5.91 Å². The van der Waals surface area contributed by atoms with Gasteiger partial charge in [0.05, 0.1) is 18.1 Å². The molecule has 1 aliphatic carbocycles. The molecule has 2 aromatic carbocycles. The molecule has 4 rings (SSSR count). The number of ether oxygens (including phenoxy) is 2. The number of benzene rings is 2. The molecular formula is C23H24N2O3S. The standard InChI is InChI=1S/C23H24N2O3S/c1-27-19-12-11-17(13-20(19)28-15-16-7-3-2-4-8-16)14-21-22(26)25-23(29-21)24-18-9-5-6-10-18/h2-4,7-8,11-14,18H,5-6,9-10,15H2,1H3,(H,24,25,26)/b21-14-. The topological polar surface area (TPSA) is 59.9 Å². The minimum Gasteiger partial charge on any atom is -0.493 e. The molecule has 1 saturated heterocycles. The van der Waals surface area contributed by atoms with Crippen molar-refractivity contribution in [3.05, 3.63) is 64.6 Å². The summed E-state index contributed by atoms with van der Waals surface area (Å²) in [6.45, 7) is 0.449. The van der Waals surface area contributed by atoms with Gasteiger partial charge in [-0.15, -0.1) is 0 Å². The van der Waals surface area contributed by atoms with Crippen molar-refractivity contribution in [3.8, 4) is 11.5 Å². The monoisotopic (exact) mass is 408 g/mol. The summed E-state index contributed by atoms with van der Waals surface area (Å²) < 4.78 is 11.4. The largest absolute Gasteiger partial charge is 0.493 e. The van der Waals surface area contributed by atoms with Crippen LogP contribution in [0.1, 0.15) is 36.8 Å². The maximum atomic E-state index is 12.3. The van der Waals surface area contributed by atoms with Gasteiger partial charge in [0, 0.05) is 0 Å². The molecule has 150 valence electrons. The average Bonchev–Trinajstić information content (AvgIpc) is 3.37. The predicted octanol–water partition coefficient (Wildman–Crippen LogP) is 4.78. The van der Waals surface area contributed by atoms with Crippen LogP contribution in [0.3, 0.4) is 0 Å². The molecule has 1 N–H and O–H groups in total. The molecule has 5 nitrogen and oxygen atoms in total. The Morgan fingerprint density at radius 3 is 2.69 bits per heavy atom. The Morgan fingerprint density at radius 1 is 1.14 bits per heavy atom. The normalized spacial score (nSPS) is 19.7. The van der Waals surface area contributed by atoms with Crippen molar-refractivity contribution in [2.24, 2.45) is 4.99 Å². The van der Waals surface area contributed by atoms with E-state index in [1.165, 1.54) is 24.6 Å². The number of aliphatic imine (C=N–C) groups is 1. The highest BCUT2D eigenvalue weighted by molar-refractivity contribution is 8.18. The number of hydrogen-bond acceptors (Lipinski definition) is 5. The van der Waals surface area contributed by atoms with Crippen molar-refractivity contribution in [3.63, 3.8) is 0 Å². The fourth-order valence-corrected chi connectivity index (χ4v) is 4.36. The third kappa shape index (κ3) is 5.01. The van der Waals surface area contributed by atoms with Gasteiger partial charge in [-0.25, -0.2) is 0 Å². The lowest BCUT2D eigenvalue weighted by Crippen LogP contribution is -2.21. The molecule has 0 unspecified atom stereocenters. The summed E-state index contributed by atoms with van der Waals surface area (Å²) in [6.07, 6.45) is 6.53. The van der Waals surface area contributed by atoms with Gasteiger partial charge in [-0.3, -0.25) is 9.79 Å². The first-order chi connectivity index (χ1) is 14.2. The van der Waals surface area contributed by atoms with Crippen molar-refractivity contribution in [1.29, 1.82) is 0 Å². The summed E-state index contributed by atoms with van der Waals surface area (Å²) >= 11 is 1.40. The first-order valence-corrected chi connectivity index (χ1v) is 10.7. The number of nitrogens with one attached hydrogen (secondary N) is 1. The number of amidine groups is 1. The molecule has 0 bridgehead atoms. The Morgan fingerprint density at radius 2 is 1.93 bits per heavy atom. The van der Waals surface area contributed by atoms with Crippen LogP contribution in [-0.2, 0) is 11.4 Å². The second kappa shape index (κ2) is 9.18. The number of hydrogen-bond donors (Lipinski definition) is 1. The van der Waals surface area contributed by atoms with Gasteiger partial charge in [0.2, 0.25) is 0 Å². The zero-order chi connectivity index (χ0) is 20.1. The first kappa shape index (κ1) is 19.6. The highest BCUT2D eigenvalue weighted by Crippen LogP contribution is 2.33. The molecule has 29 heavy (non-hydrogen) atoms. The van der Waals surface area contributed by atoms with Crippen LogP contribution in [-0.4, -0.2) is 24.2 Å². The van der Waals surface area contributed by atoms with Crippen LogP contribution in [0.25, 0.3) is 6.08 Å². The molecule has 2 aromatic rings. The molecule has 1 aliphatic heterocycles. The van der Waals surface area contributed by atoms with Gasteiger partial charge in [0.15, 0.2) is 16.7 Å². The maximum absolute atomic E-state index is 12.3. The molecule has 0 aromatic heterocycles. The van der Waals surface area contributed by atoms with E-state index in [9.17, 15) is 4.79 Å². The van der Waals surface area contributed by atoms with Gasteiger partial charge in [-0.05, 0) is 53.9 Å². The Labute approximate surface area is 175 Å². The lowest BCUT2D eigenvalue weighted by molar-refractivity contribution is -0.115. The van der Waals surface area contributed by atoms with Crippen LogP contribution in [0, 0.1) is 0 Å². The Kier molecular flexibility index (Phi) is 6.20. The smallest absolute Gasteiger partial charge is 0.264 e. The number of methoxy groups -OCH3 is 1. The highest BCUT2D eigenvalue weighted by Gasteiger charge is 2.25. The summed E-state index contributed by atoms with van der Waals surface area (Å²) in [6, 6.07) is 16.0. The zero-order valence-corrected chi connectivity index (χ0v) is 17.2. The molecule has 6 heteroatoms. The first-order valence-electron chi connectivity index (χ1n) is 9.85. The number of thioether (sulfide) groups is 1. The second-order valence-electron chi connectivity index (χ2n) is 7.12. The van der Waals surface area contributed by atoms with Gasteiger partial charge in [-0.2, -0.15) is 0 Å². The fourth-order valence-electron chi connectivity index (χ4n) is 3.47. The SMILES string of the molecule is COc1ccc(/C=C2\SC(=NC3CCCC3)NC2=O)cc1OCc1ccccc1. The van der Waals surface area contributed by atoms with Crippen molar-refractivity contribution in [2.45, 2.75) is 38.3 Å². The van der Waals surface area contributed by atoms with Crippen LogP contribution >= 0.6 is 11.8 Å². The Hall–Kier alpha value is -2.73. The van der Waals surface area contributed by atoms with Crippen molar-refractivity contribution in [1.82, 2.24) is 5.32 Å². The van der Waals surface area contributed by atoms with Crippen LogP contribution in [0.15, 0.2) is 58.4 Å². The molecular weight excluding hydrogens is 384 g/mol. The van der Waals surface area contributed by atoms with E-state index in [0.717, 1.165) is 24.0 Å². The summed E-state index contributed by atoms with van der Waals surface area (Å²) in [4.78, 5) is 17.7. The van der Waals surface area contributed by atoms with E-state index in [2.05, 4.69) is 10.3 Å². The molecule has 1 amide bonds. The molecule has 2 fully saturated rings. The van der Waals surface area contributed by atoms with Gasteiger partial charge in [0.1, 0.15) is 6.61 Å². The van der Waals surface area contributed by atoms with Crippen LogP contribution in [0.5, 0.6) is 11.5 Å². The molecule has 0 spiro atoms. The Balaban J connectivity index is 1.50. The summed E-state index contributed by atoms with van der Waals surface area (Å²) in [7, 11) is 1.62. The van der Waals surface area contributed by atoms with Crippen molar-refractivity contribution >= 4 is 28.9 Å². The van der Waals surface area contributed by atoms with E-state index in [4.69, 9.17) is 9.47 Å². The number of carbonyl (C=O) groups excluding carboxylic acids is 1. The molecule has 2 aliphatic rings. The van der Waals surface area contributed by atoms with E-state index >= 15 is 0 Å². The van der Waals surface area contributed by atoms with Gasteiger partial charge < -0.3 is 14.8 Å². The zero-order valence-electron chi connectivity index (χ0n) is 16.4. The molecule has 1 heterocycles. The number of amides is 1. The Bertz CT molecular complexity index is 934. The summed E-state index contributed by atoms with van der Waals surface area (Å²) in [5.74, 6) is 1.21. The summed E-state index contributed by atoms with van der Waals surface area (Å²) in [5, 5.41) is 3.60. The number of rotatable bonds is 6. The van der Waals surface area contributed by atoms with E-state index in [1.54, 1.807) is 7.11 Å². The van der Waals surface area contributed by atoms with Crippen LogP contribution in [0.4, 0.5) is 0 Å². The van der Waals surface area contributed by atoms with Gasteiger partial charge >= 0.3 is 0 Å². The third-order valence-corrected chi connectivity index (χ3v) is 5.92. The lowest BCUT2D eigenvalue weighted by atomic mass is 10.2. The number of carbonyl (C=O) groups is 1. The third-order valence-electron chi connectivity index (χ3n) is 5.00. The van der Waals surface area contributed by atoms with Crippen LogP contribution in [0.2, 0.25) is 0 Å². The highest BCUT2D eigenvalue weighted by atomic mass is 32.2. The quantitative estimate of drug-likeness (QED) is 0.699. The number of nitrogens with zero attached hydrogens (tertiary/aromatic N) is 1. The average molecular weight is 409 g/mol. The van der Waals surface area contributed by atoms with E-state index in [1.807, 2.05) is 54.6 Å². The second-order valence-corrected chi connectivity index (χ2v) is 8.15. The van der Waals surface area contributed by atoms with E-state index < -0.39 is 0 Å². The van der Waals surface area contributed by atoms with Gasteiger partial charge in [0.25, 0.3) is 5.91 Å². The molecule has 0 atom stereocenters. The van der Waals surface area contributed by atoms with Gasteiger partial charge in [-0.1, -0.05) is 49.2 Å².